The molecule has 0 aliphatic heterocycles. The summed E-state index contributed by atoms with van der Waals surface area (Å²) in [5, 5.41) is 8.88. The van der Waals surface area contributed by atoms with Crippen LogP contribution in [0.25, 0.3) is 0 Å². The van der Waals surface area contributed by atoms with Crippen molar-refractivity contribution in [2.24, 2.45) is 0 Å². The molecule has 6 heteroatoms. The lowest BCUT2D eigenvalue weighted by molar-refractivity contribution is -0.111. The first-order chi connectivity index (χ1) is 9.31. The number of carbonyl (C=O) groups is 2. The summed E-state index contributed by atoms with van der Waals surface area (Å²) < 4.78 is 5.18. The van der Waals surface area contributed by atoms with Gasteiger partial charge in [-0.2, -0.15) is 5.10 Å². The van der Waals surface area contributed by atoms with E-state index in [9.17, 15) is 9.59 Å². The van der Waals surface area contributed by atoms with Crippen molar-refractivity contribution in [2.45, 2.75) is 33.3 Å². The number of ether oxygens (including phenoxy) is 1. The first kappa shape index (κ1) is 15.7. The molecule has 0 spiro atoms. The van der Waals surface area contributed by atoms with Crippen molar-refractivity contribution in [2.75, 3.05) is 5.32 Å². The highest BCUT2D eigenvalue weighted by atomic mass is 16.6. The number of hydrogen-bond donors (Lipinski definition) is 2. The van der Waals surface area contributed by atoms with Gasteiger partial charge in [-0.15, -0.1) is 0 Å². The molecule has 1 aromatic heterocycles. The van der Waals surface area contributed by atoms with Crippen molar-refractivity contribution < 1.29 is 14.3 Å². The summed E-state index contributed by atoms with van der Waals surface area (Å²) in [4.78, 5) is 23.2. The number of nitrogens with one attached hydrogen (secondary N) is 2. The Morgan fingerprint density at radius 1 is 1.35 bits per heavy atom. The summed E-state index contributed by atoms with van der Waals surface area (Å²) >= 11 is 0. The Hall–Kier alpha value is -2.37. The number of aromatic amines is 1. The molecule has 0 unspecified atom stereocenters. The number of rotatable bonds is 4. The van der Waals surface area contributed by atoms with Gasteiger partial charge >= 0.3 is 5.97 Å². The van der Waals surface area contributed by atoms with E-state index in [2.05, 4.69) is 15.5 Å². The fourth-order valence-corrected chi connectivity index (χ4v) is 1.25. The van der Waals surface area contributed by atoms with Gasteiger partial charge < -0.3 is 10.1 Å². The minimum absolute atomic E-state index is 0.188. The van der Waals surface area contributed by atoms with Gasteiger partial charge in [0.1, 0.15) is 11.3 Å². The maximum Gasteiger partial charge on any atom is 0.356 e. The molecular formula is C14H19N3O3. The number of anilines is 1. The van der Waals surface area contributed by atoms with Crippen molar-refractivity contribution >= 4 is 17.7 Å². The molecule has 0 aliphatic carbocycles. The summed E-state index contributed by atoms with van der Waals surface area (Å²) in [6.45, 7) is 7.17. The van der Waals surface area contributed by atoms with E-state index in [1.54, 1.807) is 39.0 Å². The van der Waals surface area contributed by atoms with Crippen LogP contribution in [0.15, 0.2) is 30.4 Å². The van der Waals surface area contributed by atoms with Gasteiger partial charge in [0.15, 0.2) is 5.82 Å². The molecule has 2 N–H and O–H groups in total. The van der Waals surface area contributed by atoms with Gasteiger partial charge in [-0.3, -0.25) is 9.89 Å². The monoisotopic (exact) mass is 277 g/mol. The third-order valence-electron chi connectivity index (χ3n) is 2.00. The molecule has 108 valence electrons. The highest BCUT2D eigenvalue weighted by Gasteiger charge is 2.19. The molecule has 0 bridgehead atoms. The summed E-state index contributed by atoms with van der Waals surface area (Å²) in [6.07, 6.45) is 6.51. The highest BCUT2D eigenvalue weighted by Crippen LogP contribution is 2.12. The average molecular weight is 277 g/mol. The molecule has 0 aromatic carbocycles. The number of carbonyl (C=O) groups excluding carboxylic acids is 2. The molecule has 6 nitrogen and oxygen atoms in total. The highest BCUT2D eigenvalue weighted by molar-refractivity contribution is 5.99. The molecule has 0 saturated heterocycles. The van der Waals surface area contributed by atoms with Crippen molar-refractivity contribution in [1.82, 2.24) is 10.2 Å². The van der Waals surface area contributed by atoms with Crippen molar-refractivity contribution in [3.05, 3.63) is 36.1 Å². The second kappa shape index (κ2) is 6.70. The molecular weight excluding hydrogens is 258 g/mol. The predicted molar refractivity (Wildman–Crippen MR) is 76.3 cm³/mol. The molecule has 1 amide bonds. The van der Waals surface area contributed by atoms with E-state index >= 15 is 0 Å². The van der Waals surface area contributed by atoms with Gasteiger partial charge in [0.2, 0.25) is 5.91 Å². The topological polar surface area (TPSA) is 84.1 Å². The van der Waals surface area contributed by atoms with Crippen molar-refractivity contribution in [3.63, 3.8) is 0 Å². The van der Waals surface area contributed by atoms with Gasteiger partial charge in [-0.25, -0.2) is 4.79 Å². The van der Waals surface area contributed by atoms with E-state index in [1.165, 1.54) is 12.1 Å². The number of esters is 1. The molecule has 0 radical (unpaired) electrons. The second-order valence-corrected chi connectivity index (χ2v) is 5.04. The van der Waals surface area contributed by atoms with Crippen LogP contribution in [0, 0.1) is 0 Å². The minimum Gasteiger partial charge on any atom is -0.455 e. The fraction of sp³-hybridized carbons (Fsp3) is 0.357. The van der Waals surface area contributed by atoms with E-state index < -0.39 is 11.6 Å². The van der Waals surface area contributed by atoms with Crippen LogP contribution in [0.4, 0.5) is 5.82 Å². The van der Waals surface area contributed by atoms with Crippen LogP contribution in [0.5, 0.6) is 0 Å². The molecule has 0 atom stereocenters. The zero-order valence-corrected chi connectivity index (χ0v) is 12.1. The first-order valence-corrected chi connectivity index (χ1v) is 6.21. The smallest absolute Gasteiger partial charge is 0.356 e. The maximum atomic E-state index is 11.7. The summed E-state index contributed by atoms with van der Waals surface area (Å²) in [5.74, 6) is -0.582. The number of hydrogen-bond acceptors (Lipinski definition) is 4. The van der Waals surface area contributed by atoms with Gasteiger partial charge in [0, 0.05) is 12.1 Å². The lowest BCUT2D eigenvalue weighted by Crippen LogP contribution is -2.24. The maximum absolute atomic E-state index is 11.7. The largest absolute Gasteiger partial charge is 0.455 e. The minimum atomic E-state index is -0.583. The lowest BCUT2D eigenvalue weighted by Gasteiger charge is -2.18. The standard InChI is InChI=1S/C14H19N3O3/c1-5-6-7-8-12(18)15-11-9-10(16-17-11)13(19)20-14(2,3)4/h5-9H,1-4H3,(H2,15,16,17,18). The van der Waals surface area contributed by atoms with E-state index in [0.717, 1.165) is 0 Å². The number of nitrogens with zero attached hydrogens (tertiary/aromatic N) is 1. The Kier molecular flexibility index (Phi) is 5.25. The zero-order valence-electron chi connectivity index (χ0n) is 12.1. The number of aromatic nitrogens is 2. The summed E-state index contributed by atoms with van der Waals surface area (Å²) in [6, 6.07) is 1.43. The zero-order chi connectivity index (χ0) is 15.2. The van der Waals surface area contributed by atoms with Crippen LogP contribution < -0.4 is 5.32 Å². The first-order valence-electron chi connectivity index (χ1n) is 6.21. The van der Waals surface area contributed by atoms with E-state index in [0.29, 0.717) is 0 Å². The Morgan fingerprint density at radius 2 is 2.05 bits per heavy atom. The normalized spacial score (nSPS) is 12.0. The number of allylic oxidation sites excluding steroid dienone is 3. The average Bonchev–Trinajstić information content (AvgIpc) is 2.75. The van der Waals surface area contributed by atoms with Crippen molar-refractivity contribution in [3.8, 4) is 0 Å². The SMILES string of the molecule is CC=CC=CC(=O)Nc1cc(C(=O)OC(C)(C)C)[nH]n1. The van der Waals surface area contributed by atoms with Crippen LogP contribution in [-0.4, -0.2) is 27.7 Å². The Labute approximate surface area is 117 Å². The number of H-pyrrole nitrogens is 1. The van der Waals surface area contributed by atoms with Crippen LogP contribution in [-0.2, 0) is 9.53 Å². The molecule has 1 rings (SSSR count). The summed E-state index contributed by atoms with van der Waals surface area (Å²) in [5.41, 5.74) is -0.395. The second-order valence-electron chi connectivity index (χ2n) is 5.04. The van der Waals surface area contributed by atoms with Gasteiger partial charge in [0.25, 0.3) is 0 Å². The van der Waals surface area contributed by atoms with Crippen LogP contribution in [0.3, 0.4) is 0 Å². The third-order valence-corrected chi connectivity index (χ3v) is 2.00. The van der Waals surface area contributed by atoms with Gasteiger partial charge in [-0.1, -0.05) is 18.2 Å². The molecule has 1 aromatic rings. The Morgan fingerprint density at radius 3 is 2.65 bits per heavy atom. The molecule has 20 heavy (non-hydrogen) atoms. The Balaban J connectivity index is 2.64. The molecule has 0 saturated carbocycles. The predicted octanol–water partition coefficient (Wildman–Crippen LogP) is 2.44. The lowest BCUT2D eigenvalue weighted by atomic mass is 10.2. The molecule has 0 fully saturated rings. The molecule has 0 aliphatic rings. The Bertz CT molecular complexity index is 536. The number of amides is 1. The quantitative estimate of drug-likeness (QED) is 0.503. The van der Waals surface area contributed by atoms with Gasteiger partial charge in [0.05, 0.1) is 0 Å². The van der Waals surface area contributed by atoms with E-state index in [1.807, 2.05) is 6.92 Å². The fourth-order valence-electron chi connectivity index (χ4n) is 1.25. The van der Waals surface area contributed by atoms with Gasteiger partial charge in [-0.05, 0) is 27.7 Å². The third kappa shape index (κ3) is 5.51. The van der Waals surface area contributed by atoms with E-state index in [4.69, 9.17) is 4.74 Å². The summed E-state index contributed by atoms with van der Waals surface area (Å²) in [7, 11) is 0. The van der Waals surface area contributed by atoms with Crippen LogP contribution >= 0.6 is 0 Å². The van der Waals surface area contributed by atoms with E-state index in [-0.39, 0.29) is 17.4 Å². The van der Waals surface area contributed by atoms with Crippen molar-refractivity contribution in [1.29, 1.82) is 0 Å². The molecule has 1 heterocycles. The van der Waals surface area contributed by atoms with Crippen LogP contribution in [0.1, 0.15) is 38.2 Å². The van der Waals surface area contributed by atoms with Crippen LogP contribution in [0.2, 0.25) is 0 Å².